The van der Waals surface area contributed by atoms with Crippen molar-refractivity contribution in [2.45, 2.75) is 25.6 Å². The number of hydrogen-bond acceptors (Lipinski definition) is 3. The fraction of sp³-hybridized carbons (Fsp3) is 0.462. The van der Waals surface area contributed by atoms with Gasteiger partial charge in [-0.1, -0.05) is 36.7 Å². The first-order chi connectivity index (χ1) is 8.63. The zero-order valence-corrected chi connectivity index (χ0v) is 10.9. The van der Waals surface area contributed by atoms with E-state index in [-0.39, 0.29) is 6.54 Å². The molecule has 1 fully saturated rings. The summed E-state index contributed by atoms with van der Waals surface area (Å²) in [5.41, 5.74) is 0.649. The summed E-state index contributed by atoms with van der Waals surface area (Å²) in [6.07, 6.45) is -1.00. The number of nitrogens with zero attached hydrogens (tertiary/aromatic N) is 1. The maximum absolute atomic E-state index is 11.8. The molecular weight excluding hydrogens is 254 g/mol. The van der Waals surface area contributed by atoms with Gasteiger partial charge in [0.25, 0.3) is 0 Å². The number of aliphatic hydroxyl groups is 1. The van der Waals surface area contributed by atoms with E-state index in [0.717, 1.165) is 6.42 Å². The Morgan fingerprint density at radius 3 is 2.89 bits per heavy atom. The number of carbonyl (C=O) groups excluding carboxylic acids is 1. The van der Waals surface area contributed by atoms with E-state index in [1.165, 1.54) is 4.90 Å². The van der Waals surface area contributed by atoms with Crippen LogP contribution in [0.5, 0.6) is 0 Å². The highest BCUT2D eigenvalue weighted by Gasteiger charge is 2.35. The van der Waals surface area contributed by atoms with Crippen molar-refractivity contribution in [2.24, 2.45) is 0 Å². The fourth-order valence-corrected chi connectivity index (χ4v) is 2.33. The molecule has 1 aromatic rings. The Morgan fingerprint density at radius 2 is 2.22 bits per heavy atom. The van der Waals surface area contributed by atoms with Gasteiger partial charge in [-0.2, -0.15) is 0 Å². The van der Waals surface area contributed by atoms with Crippen LogP contribution in [-0.4, -0.2) is 35.3 Å². The normalized spacial score (nSPS) is 23.9. The molecule has 1 heterocycles. The van der Waals surface area contributed by atoms with Crippen LogP contribution in [0.4, 0.5) is 4.79 Å². The van der Waals surface area contributed by atoms with Crippen molar-refractivity contribution >= 4 is 17.7 Å². The van der Waals surface area contributed by atoms with Crippen molar-refractivity contribution < 1.29 is 14.6 Å². The van der Waals surface area contributed by atoms with Crippen LogP contribution < -0.4 is 0 Å². The second kappa shape index (κ2) is 5.59. The maximum Gasteiger partial charge on any atom is 0.410 e. The summed E-state index contributed by atoms with van der Waals surface area (Å²) in [5.74, 6) is 0. The van der Waals surface area contributed by atoms with Crippen molar-refractivity contribution in [1.82, 2.24) is 4.90 Å². The van der Waals surface area contributed by atoms with Gasteiger partial charge in [-0.05, 0) is 12.5 Å². The van der Waals surface area contributed by atoms with E-state index in [1.54, 1.807) is 24.3 Å². The molecule has 18 heavy (non-hydrogen) atoms. The minimum atomic E-state index is -0.755. The molecule has 2 rings (SSSR count). The standard InChI is InChI=1S/C13H16ClNO3/c1-2-7-15-8-11(16)12(18-13(15)17)9-5-3-4-6-10(9)14/h3-6,11-12,16H,2,7-8H2,1H3/t11-,12-/m1/s1. The zero-order valence-electron chi connectivity index (χ0n) is 10.2. The molecule has 0 aromatic heterocycles. The number of aliphatic hydroxyl groups excluding tert-OH is 1. The average molecular weight is 270 g/mol. The number of amides is 1. The minimum Gasteiger partial charge on any atom is -0.438 e. The van der Waals surface area contributed by atoms with Crippen LogP contribution in [0.1, 0.15) is 25.0 Å². The molecule has 1 aliphatic heterocycles. The van der Waals surface area contributed by atoms with Crippen molar-refractivity contribution in [1.29, 1.82) is 0 Å². The van der Waals surface area contributed by atoms with E-state index in [2.05, 4.69) is 0 Å². The van der Waals surface area contributed by atoms with E-state index < -0.39 is 18.3 Å². The second-order valence-electron chi connectivity index (χ2n) is 4.34. The Bertz CT molecular complexity index is 438. The summed E-state index contributed by atoms with van der Waals surface area (Å²) in [4.78, 5) is 13.3. The number of hydrogen-bond donors (Lipinski definition) is 1. The first-order valence-corrected chi connectivity index (χ1v) is 6.39. The van der Waals surface area contributed by atoms with Gasteiger partial charge in [-0.3, -0.25) is 0 Å². The molecule has 5 heteroatoms. The number of carbonyl (C=O) groups is 1. The first kappa shape index (κ1) is 13.2. The highest BCUT2D eigenvalue weighted by Crippen LogP contribution is 2.31. The fourth-order valence-electron chi connectivity index (χ4n) is 2.09. The Morgan fingerprint density at radius 1 is 1.50 bits per heavy atom. The van der Waals surface area contributed by atoms with E-state index in [1.807, 2.05) is 6.92 Å². The number of cyclic esters (lactones) is 1. The first-order valence-electron chi connectivity index (χ1n) is 6.01. The number of β-amino-alcohol motifs (C(OH)–C–C–N with tert-alkyl or cyclic N) is 1. The average Bonchev–Trinajstić information content (AvgIpc) is 2.35. The Labute approximate surface area is 111 Å². The van der Waals surface area contributed by atoms with Gasteiger partial charge in [0.15, 0.2) is 6.10 Å². The summed E-state index contributed by atoms with van der Waals surface area (Å²) in [6, 6.07) is 7.08. The van der Waals surface area contributed by atoms with E-state index in [4.69, 9.17) is 16.3 Å². The number of benzene rings is 1. The lowest BCUT2D eigenvalue weighted by Crippen LogP contribution is -2.47. The Hall–Kier alpha value is -1.26. The van der Waals surface area contributed by atoms with Crippen LogP contribution in [0, 0.1) is 0 Å². The van der Waals surface area contributed by atoms with Crippen molar-refractivity contribution in [2.75, 3.05) is 13.1 Å². The summed E-state index contributed by atoms with van der Waals surface area (Å²) in [7, 11) is 0. The van der Waals surface area contributed by atoms with Crippen LogP contribution in [0.3, 0.4) is 0 Å². The highest BCUT2D eigenvalue weighted by atomic mass is 35.5. The minimum absolute atomic E-state index is 0.280. The summed E-state index contributed by atoms with van der Waals surface area (Å²) >= 11 is 6.05. The smallest absolute Gasteiger partial charge is 0.410 e. The quantitative estimate of drug-likeness (QED) is 0.918. The Balaban J connectivity index is 2.17. The molecule has 0 bridgehead atoms. The third-order valence-electron chi connectivity index (χ3n) is 2.95. The monoisotopic (exact) mass is 269 g/mol. The summed E-state index contributed by atoms with van der Waals surface area (Å²) in [5, 5.41) is 10.6. The van der Waals surface area contributed by atoms with E-state index in [9.17, 15) is 9.90 Å². The predicted octanol–water partition coefficient (Wildman–Crippen LogP) is 2.60. The number of rotatable bonds is 3. The third-order valence-corrected chi connectivity index (χ3v) is 3.29. The third kappa shape index (κ3) is 2.60. The van der Waals surface area contributed by atoms with Gasteiger partial charge in [0.1, 0.15) is 6.10 Å². The second-order valence-corrected chi connectivity index (χ2v) is 4.75. The van der Waals surface area contributed by atoms with Gasteiger partial charge in [-0.25, -0.2) is 4.79 Å². The Kier molecular flexibility index (Phi) is 4.09. The predicted molar refractivity (Wildman–Crippen MR) is 68.5 cm³/mol. The molecule has 0 aliphatic carbocycles. The van der Waals surface area contributed by atoms with Crippen LogP contribution in [0.2, 0.25) is 5.02 Å². The molecule has 0 radical (unpaired) electrons. The molecule has 0 saturated carbocycles. The highest BCUT2D eigenvalue weighted by molar-refractivity contribution is 6.31. The molecular formula is C13H16ClNO3. The largest absolute Gasteiger partial charge is 0.438 e. The molecule has 98 valence electrons. The molecule has 1 amide bonds. The van der Waals surface area contributed by atoms with Gasteiger partial charge in [0, 0.05) is 17.1 Å². The molecule has 1 N–H and O–H groups in total. The van der Waals surface area contributed by atoms with Crippen molar-refractivity contribution in [3.63, 3.8) is 0 Å². The molecule has 4 nitrogen and oxygen atoms in total. The molecule has 1 aliphatic rings. The molecule has 2 atom stereocenters. The van der Waals surface area contributed by atoms with Gasteiger partial charge in [0.05, 0.1) is 6.54 Å². The topological polar surface area (TPSA) is 49.8 Å². The van der Waals surface area contributed by atoms with E-state index in [0.29, 0.717) is 17.1 Å². The molecule has 1 saturated heterocycles. The lowest BCUT2D eigenvalue weighted by molar-refractivity contribution is -0.0600. The lowest BCUT2D eigenvalue weighted by Gasteiger charge is -2.35. The van der Waals surface area contributed by atoms with Gasteiger partial charge in [0.2, 0.25) is 0 Å². The molecule has 0 spiro atoms. The number of halogens is 1. The van der Waals surface area contributed by atoms with Gasteiger partial charge >= 0.3 is 6.09 Å². The SMILES string of the molecule is CCCN1C[C@@H](O)[C@@H](c2ccccc2Cl)OC1=O. The maximum atomic E-state index is 11.8. The molecule has 0 unspecified atom stereocenters. The van der Waals surface area contributed by atoms with Gasteiger partial charge < -0.3 is 14.7 Å². The number of ether oxygens (including phenoxy) is 1. The van der Waals surface area contributed by atoms with Crippen LogP contribution in [-0.2, 0) is 4.74 Å². The van der Waals surface area contributed by atoms with Crippen LogP contribution in [0.15, 0.2) is 24.3 Å². The lowest BCUT2D eigenvalue weighted by atomic mass is 10.0. The molecule has 1 aromatic carbocycles. The van der Waals surface area contributed by atoms with Crippen molar-refractivity contribution in [3.05, 3.63) is 34.9 Å². The van der Waals surface area contributed by atoms with Crippen LogP contribution in [0.25, 0.3) is 0 Å². The zero-order chi connectivity index (χ0) is 13.1. The van der Waals surface area contributed by atoms with Gasteiger partial charge in [-0.15, -0.1) is 0 Å². The summed E-state index contributed by atoms with van der Waals surface area (Å²) in [6.45, 7) is 2.84. The summed E-state index contributed by atoms with van der Waals surface area (Å²) < 4.78 is 5.28. The van der Waals surface area contributed by atoms with Crippen LogP contribution >= 0.6 is 11.6 Å². The van der Waals surface area contributed by atoms with E-state index >= 15 is 0 Å². The van der Waals surface area contributed by atoms with Crippen molar-refractivity contribution in [3.8, 4) is 0 Å².